The Kier molecular flexibility index (Phi) is 2.75. The minimum atomic E-state index is 0.151. The molecule has 2 rings (SSSR count). The van der Waals surface area contributed by atoms with E-state index >= 15 is 0 Å². The molecule has 2 aromatic rings. The van der Waals surface area contributed by atoms with E-state index in [9.17, 15) is 0 Å². The van der Waals surface area contributed by atoms with Crippen LogP contribution in [0.15, 0.2) is 12.1 Å². The average Bonchev–Trinajstić information content (AvgIpc) is 2.64. The third-order valence-electron chi connectivity index (χ3n) is 2.51. The van der Waals surface area contributed by atoms with Gasteiger partial charge in [-0.2, -0.15) is 5.26 Å². The second-order valence-electron chi connectivity index (χ2n) is 3.41. The summed E-state index contributed by atoms with van der Waals surface area (Å²) in [4.78, 5) is 4.17. The molecule has 6 nitrogen and oxygen atoms in total. The molecule has 0 unspecified atom stereocenters. The second kappa shape index (κ2) is 4.22. The highest BCUT2D eigenvalue weighted by atomic mass is 16.5. The Balaban J connectivity index is 2.71. The molecule has 0 amide bonds. The number of nitrogen functional groups attached to an aromatic ring is 1. The summed E-state index contributed by atoms with van der Waals surface area (Å²) in [5.74, 6) is 1.47. The summed E-state index contributed by atoms with van der Waals surface area (Å²) in [6, 6.07) is 5.53. The van der Waals surface area contributed by atoms with E-state index in [0.717, 1.165) is 5.52 Å². The third kappa shape index (κ3) is 1.72. The number of imidazole rings is 1. The van der Waals surface area contributed by atoms with Gasteiger partial charge in [-0.25, -0.2) is 4.98 Å². The fourth-order valence-corrected chi connectivity index (χ4v) is 1.71. The van der Waals surface area contributed by atoms with Crippen molar-refractivity contribution in [2.45, 2.75) is 6.54 Å². The standard InChI is InChI=1S/C11H12N4O2/c1-16-9-5-7-8(6-10(9)17-2)15(4-3-12)11(13)14-7/h5-6H,4H2,1-2H3,(H2,13,14). The first kappa shape index (κ1) is 11.1. The lowest BCUT2D eigenvalue weighted by Crippen LogP contribution is -2.01. The van der Waals surface area contributed by atoms with E-state index in [2.05, 4.69) is 4.98 Å². The van der Waals surface area contributed by atoms with Crippen molar-refractivity contribution in [1.82, 2.24) is 9.55 Å². The van der Waals surface area contributed by atoms with Gasteiger partial charge in [-0.05, 0) is 0 Å². The Morgan fingerprint density at radius 3 is 2.59 bits per heavy atom. The molecule has 0 saturated carbocycles. The van der Waals surface area contributed by atoms with Crippen LogP contribution in [0.25, 0.3) is 11.0 Å². The van der Waals surface area contributed by atoms with E-state index in [0.29, 0.717) is 23.0 Å². The quantitative estimate of drug-likeness (QED) is 0.858. The van der Waals surface area contributed by atoms with Gasteiger partial charge in [0.25, 0.3) is 0 Å². The Labute approximate surface area is 98.2 Å². The zero-order chi connectivity index (χ0) is 12.4. The first-order chi connectivity index (χ1) is 8.21. The number of anilines is 1. The normalized spacial score (nSPS) is 10.2. The highest BCUT2D eigenvalue weighted by molar-refractivity contribution is 5.82. The summed E-state index contributed by atoms with van der Waals surface area (Å²) < 4.78 is 12.0. The van der Waals surface area contributed by atoms with Crippen LogP contribution in [0.4, 0.5) is 5.95 Å². The summed E-state index contributed by atoms with van der Waals surface area (Å²) in [6.45, 7) is 0.151. The monoisotopic (exact) mass is 232 g/mol. The number of benzene rings is 1. The van der Waals surface area contributed by atoms with Crippen molar-refractivity contribution >= 4 is 17.0 Å². The number of rotatable bonds is 3. The second-order valence-corrected chi connectivity index (χ2v) is 3.41. The Bertz CT molecular complexity index is 598. The summed E-state index contributed by atoms with van der Waals surface area (Å²) in [7, 11) is 3.11. The Morgan fingerprint density at radius 2 is 2.00 bits per heavy atom. The first-order valence-corrected chi connectivity index (χ1v) is 4.96. The van der Waals surface area contributed by atoms with Gasteiger partial charge in [0.2, 0.25) is 5.95 Å². The van der Waals surface area contributed by atoms with Crippen LogP contribution in [0.1, 0.15) is 0 Å². The summed E-state index contributed by atoms with van der Waals surface area (Å²) in [6.07, 6.45) is 0. The van der Waals surface area contributed by atoms with Gasteiger partial charge in [-0.3, -0.25) is 4.57 Å². The van der Waals surface area contributed by atoms with Crippen LogP contribution in [-0.2, 0) is 6.54 Å². The zero-order valence-corrected chi connectivity index (χ0v) is 9.60. The third-order valence-corrected chi connectivity index (χ3v) is 2.51. The highest BCUT2D eigenvalue weighted by Gasteiger charge is 2.13. The largest absolute Gasteiger partial charge is 0.493 e. The van der Waals surface area contributed by atoms with Gasteiger partial charge >= 0.3 is 0 Å². The van der Waals surface area contributed by atoms with Crippen LogP contribution < -0.4 is 15.2 Å². The van der Waals surface area contributed by atoms with Crippen LogP contribution in [0, 0.1) is 11.3 Å². The first-order valence-electron chi connectivity index (χ1n) is 4.96. The number of nitrogens with zero attached hydrogens (tertiary/aromatic N) is 3. The van der Waals surface area contributed by atoms with E-state index in [-0.39, 0.29) is 6.54 Å². The molecule has 0 fully saturated rings. The molecule has 1 aromatic heterocycles. The molecule has 0 aliphatic heterocycles. The molecule has 17 heavy (non-hydrogen) atoms. The zero-order valence-electron chi connectivity index (χ0n) is 9.60. The molecule has 6 heteroatoms. The number of hydrogen-bond acceptors (Lipinski definition) is 5. The molecule has 0 bridgehead atoms. The van der Waals surface area contributed by atoms with Gasteiger partial charge in [0, 0.05) is 12.1 Å². The molecular formula is C11H12N4O2. The number of hydrogen-bond donors (Lipinski definition) is 1. The molecule has 88 valence electrons. The Morgan fingerprint density at radius 1 is 1.35 bits per heavy atom. The maximum absolute atomic E-state index is 8.74. The fraction of sp³-hybridized carbons (Fsp3) is 0.273. The lowest BCUT2D eigenvalue weighted by atomic mass is 10.2. The van der Waals surface area contributed by atoms with Crippen molar-refractivity contribution in [2.75, 3.05) is 20.0 Å². The molecule has 0 spiro atoms. The van der Waals surface area contributed by atoms with Crippen LogP contribution in [0.5, 0.6) is 11.5 Å². The molecule has 0 aliphatic rings. The van der Waals surface area contributed by atoms with Crippen molar-refractivity contribution in [3.63, 3.8) is 0 Å². The van der Waals surface area contributed by atoms with E-state index < -0.39 is 0 Å². The van der Waals surface area contributed by atoms with Crippen molar-refractivity contribution in [3.05, 3.63) is 12.1 Å². The minimum Gasteiger partial charge on any atom is -0.493 e. The lowest BCUT2D eigenvalue weighted by Gasteiger charge is -2.07. The van der Waals surface area contributed by atoms with Gasteiger partial charge in [0.05, 0.1) is 31.3 Å². The van der Waals surface area contributed by atoms with Crippen LogP contribution in [0.3, 0.4) is 0 Å². The van der Waals surface area contributed by atoms with Gasteiger partial charge in [-0.1, -0.05) is 0 Å². The SMILES string of the molecule is COc1cc2nc(N)n(CC#N)c2cc1OC. The summed E-state index contributed by atoms with van der Waals surface area (Å²) in [5, 5.41) is 8.74. The molecule has 0 aliphatic carbocycles. The molecular weight excluding hydrogens is 220 g/mol. The van der Waals surface area contributed by atoms with E-state index in [1.54, 1.807) is 30.9 Å². The number of nitrogens with two attached hydrogens (primary N) is 1. The van der Waals surface area contributed by atoms with Gasteiger partial charge in [0.15, 0.2) is 11.5 Å². The van der Waals surface area contributed by atoms with Crippen molar-refractivity contribution in [1.29, 1.82) is 5.26 Å². The maximum Gasteiger partial charge on any atom is 0.202 e. The molecule has 0 radical (unpaired) electrons. The van der Waals surface area contributed by atoms with Gasteiger partial charge < -0.3 is 15.2 Å². The molecule has 0 atom stereocenters. The van der Waals surface area contributed by atoms with Crippen LogP contribution in [0.2, 0.25) is 0 Å². The van der Waals surface area contributed by atoms with Crippen molar-refractivity contribution in [3.8, 4) is 17.6 Å². The smallest absolute Gasteiger partial charge is 0.202 e. The van der Waals surface area contributed by atoms with Gasteiger partial charge in [0.1, 0.15) is 6.54 Å². The summed E-state index contributed by atoms with van der Waals surface area (Å²) >= 11 is 0. The topological polar surface area (TPSA) is 86.1 Å². The predicted octanol–water partition coefficient (Wildman–Crippen LogP) is 1.16. The highest BCUT2D eigenvalue weighted by Crippen LogP contribution is 2.32. The average molecular weight is 232 g/mol. The van der Waals surface area contributed by atoms with Gasteiger partial charge in [-0.15, -0.1) is 0 Å². The van der Waals surface area contributed by atoms with E-state index in [4.69, 9.17) is 20.5 Å². The van der Waals surface area contributed by atoms with Crippen molar-refractivity contribution in [2.24, 2.45) is 0 Å². The summed E-state index contributed by atoms with van der Waals surface area (Å²) in [5.41, 5.74) is 7.17. The number of aromatic nitrogens is 2. The van der Waals surface area contributed by atoms with Crippen LogP contribution in [-0.4, -0.2) is 23.8 Å². The van der Waals surface area contributed by atoms with Crippen molar-refractivity contribution < 1.29 is 9.47 Å². The number of nitriles is 1. The molecule has 1 aromatic carbocycles. The number of methoxy groups -OCH3 is 2. The van der Waals surface area contributed by atoms with E-state index in [1.807, 2.05) is 6.07 Å². The van der Waals surface area contributed by atoms with E-state index in [1.165, 1.54) is 0 Å². The fourth-order valence-electron chi connectivity index (χ4n) is 1.71. The number of ether oxygens (including phenoxy) is 2. The Hall–Kier alpha value is -2.42. The van der Waals surface area contributed by atoms with Crippen LogP contribution >= 0.6 is 0 Å². The molecule has 1 heterocycles. The molecule has 0 saturated heterocycles. The minimum absolute atomic E-state index is 0.151. The molecule has 2 N–H and O–H groups in total. The predicted molar refractivity (Wildman–Crippen MR) is 62.9 cm³/mol. The lowest BCUT2D eigenvalue weighted by molar-refractivity contribution is 0.355. The number of fused-ring (bicyclic) bond motifs is 1. The maximum atomic E-state index is 8.74.